The number of aliphatic carboxylic acids is 1. The van der Waals surface area contributed by atoms with Crippen LogP contribution in [-0.2, 0) is 20.6 Å². The van der Waals surface area contributed by atoms with E-state index in [-0.39, 0.29) is 17.6 Å². The van der Waals surface area contributed by atoms with Gasteiger partial charge in [0.1, 0.15) is 6.04 Å². The number of hydrogen-bond acceptors (Lipinski definition) is 3. The average Bonchev–Trinajstić information content (AvgIpc) is 2.98. The highest BCUT2D eigenvalue weighted by Crippen LogP contribution is 2.43. The van der Waals surface area contributed by atoms with Gasteiger partial charge in [-0.25, -0.2) is 8.42 Å². The number of nitrogens with zero attached hydrogens (tertiary/aromatic N) is 1. The van der Waals surface area contributed by atoms with E-state index in [0.29, 0.717) is 12.1 Å². The fourth-order valence-corrected chi connectivity index (χ4v) is 5.52. The van der Waals surface area contributed by atoms with E-state index in [0.717, 1.165) is 19.3 Å². The summed E-state index contributed by atoms with van der Waals surface area (Å²) in [5, 5.41) is 9.45. The lowest BCUT2D eigenvalue weighted by Crippen LogP contribution is -2.43. The van der Waals surface area contributed by atoms with E-state index in [9.17, 15) is 18.3 Å². The maximum absolute atomic E-state index is 12.6. The maximum atomic E-state index is 12.6. The number of carboxylic acids is 1. The first-order valence-electron chi connectivity index (χ1n) is 7.25. The summed E-state index contributed by atoms with van der Waals surface area (Å²) in [4.78, 5) is 11.5. The smallest absolute Gasteiger partial charge is 0.322 e. The van der Waals surface area contributed by atoms with Crippen molar-refractivity contribution >= 4 is 16.0 Å². The van der Waals surface area contributed by atoms with E-state index in [2.05, 4.69) is 0 Å². The summed E-state index contributed by atoms with van der Waals surface area (Å²) >= 11 is 0. The van der Waals surface area contributed by atoms with Crippen LogP contribution < -0.4 is 0 Å². The molecule has 21 heavy (non-hydrogen) atoms. The molecule has 114 valence electrons. The molecule has 2 aliphatic rings. The van der Waals surface area contributed by atoms with Gasteiger partial charge >= 0.3 is 5.97 Å². The van der Waals surface area contributed by atoms with Crippen LogP contribution >= 0.6 is 0 Å². The van der Waals surface area contributed by atoms with Crippen molar-refractivity contribution in [2.24, 2.45) is 11.8 Å². The Bertz CT molecular complexity index is 628. The Labute approximate surface area is 124 Å². The minimum atomic E-state index is -3.60. The van der Waals surface area contributed by atoms with Gasteiger partial charge in [0, 0.05) is 6.54 Å². The van der Waals surface area contributed by atoms with E-state index < -0.39 is 22.0 Å². The van der Waals surface area contributed by atoms with E-state index in [4.69, 9.17) is 0 Å². The van der Waals surface area contributed by atoms with Crippen molar-refractivity contribution in [2.45, 2.75) is 31.1 Å². The van der Waals surface area contributed by atoms with Gasteiger partial charge < -0.3 is 5.11 Å². The molecule has 3 atom stereocenters. The van der Waals surface area contributed by atoms with Gasteiger partial charge in [-0.3, -0.25) is 4.79 Å². The molecule has 1 aliphatic heterocycles. The number of carboxylic acid groups (broad SMARTS) is 1. The van der Waals surface area contributed by atoms with E-state index in [1.807, 2.05) is 6.07 Å². The normalized spacial score (nSPS) is 29.4. The quantitative estimate of drug-likeness (QED) is 0.918. The fraction of sp³-hybridized carbons (Fsp3) is 0.533. The number of fused-ring (bicyclic) bond motifs is 1. The molecule has 3 unspecified atom stereocenters. The van der Waals surface area contributed by atoms with Gasteiger partial charge in [0.05, 0.1) is 5.75 Å². The van der Waals surface area contributed by atoms with Crippen molar-refractivity contribution in [2.75, 3.05) is 6.54 Å². The third-order valence-electron chi connectivity index (χ3n) is 4.65. The Morgan fingerprint density at radius 3 is 2.62 bits per heavy atom. The van der Waals surface area contributed by atoms with Crippen LogP contribution in [0, 0.1) is 11.8 Å². The van der Waals surface area contributed by atoms with Gasteiger partial charge in [0.2, 0.25) is 10.0 Å². The fourth-order valence-electron chi connectivity index (χ4n) is 3.73. The third kappa shape index (κ3) is 2.70. The summed E-state index contributed by atoms with van der Waals surface area (Å²) in [5.74, 6) is -0.956. The van der Waals surface area contributed by atoms with Crippen molar-refractivity contribution < 1.29 is 18.3 Å². The second-order valence-corrected chi connectivity index (χ2v) is 7.87. The van der Waals surface area contributed by atoms with Crippen molar-refractivity contribution in [3.63, 3.8) is 0 Å². The van der Waals surface area contributed by atoms with Crippen LogP contribution in [-0.4, -0.2) is 36.4 Å². The van der Waals surface area contributed by atoms with Crippen molar-refractivity contribution in [3.8, 4) is 0 Å². The predicted octanol–water partition coefficient (Wildman–Crippen LogP) is 1.70. The minimum Gasteiger partial charge on any atom is -0.480 e. The molecule has 1 aliphatic carbocycles. The van der Waals surface area contributed by atoms with Crippen LogP contribution in [0.3, 0.4) is 0 Å². The van der Waals surface area contributed by atoms with Crippen LogP contribution in [0.5, 0.6) is 0 Å². The van der Waals surface area contributed by atoms with E-state index in [1.54, 1.807) is 24.3 Å². The van der Waals surface area contributed by atoms with Crippen LogP contribution in [0.15, 0.2) is 30.3 Å². The molecule has 1 N–H and O–H groups in total. The molecule has 1 saturated carbocycles. The topological polar surface area (TPSA) is 74.7 Å². The Morgan fingerprint density at radius 2 is 1.95 bits per heavy atom. The summed E-state index contributed by atoms with van der Waals surface area (Å²) in [6.07, 6.45) is 2.76. The first kappa shape index (κ1) is 14.5. The molecule has 0 radical (unpaired) electrons. The van der Waals surface area contributed by atoms with Gasteiger partial charge in [-0.05, 0) is 30.2 Å². The highest BCUT2D eigenvalue weighted by atomic mass is 32.2. The zero-order valence-electron chi connectivity index (χ0n) is 11.7. The molecule has 1 heterocycles. The van der Waals surface area contributed by atoms with Crippen molar-refractivity contribution in [1.29, 1.82) is 0 Å². The van der Waals surface area contributed by atoms with Crippen molar-refractivity contribution in [1.82, 2.24) is 4.31 Å². The zero-order valence-corrected chi connectivity index (χ0v) is 12.5. The Kier molecular flexibility index (Phi) is 3.75. The van der Waals surface area contributed by atoms with E-state index >= 15 is 0 Å². The third-order valence-corrected chi connectivity index (χ3v) is 6.44. The highest BCUT2D eigenvalue weighted by molar-refractivity contribution is 7.88. The number of sulfonamides is 1. The Hall–Kier alpha value is -1.40. The minimum absolute atomic E-state index is 0.0203. The Balaban J connectivity index is 1.86. The van der Waals surface area contributed by atoms with Gasteiger partial charge in [-0.1, -0.05) is 36.8 Å². The lowest BCUT2D eigenvalue weighted by Gasteiger charge is -2.23. The van der Waals surface area contributed by atoms with Crippen molar-refractivity contribution in [3.05, 3.63) is 35.9 Å². The molecule has 1 aromatic rings. The average molecular weight is 309 g/mol. The first-order valence-corrected chi connectivity index (χ1v) is 8.86. The predicted molar refractivity (Wildman–Crippen MR) is 78.0 cm³/mol. The number of hydrogen-bond donors (Lipinski definition) is 1. The van der Waals surface area contributed by atoms with Crippen LogP contribution in [0.25, 0.3) is 0 Å². The summed E-state index contributed by atoms with van der Waals surface area (Å²) < 4.78 is 26.5. The molecule has 6 heteroatoms. The molecular formula is C15H19NO4S. The van der Waals surface area contributed by atoms with Gasteiger partial charge in [-0.15, -0.1) is 0 Å². The Morgan fingerprint density at radius 1 is 1.24 bits per heavy atom. The number of carbonyl (C=O) groups is 1. The van der Waals surface area contributed by atoms with Gasteiger partial charge in [-0.2, -0.15) is 4.31 Å². The molecule has 0 spiro atoms. The highest BCUT2D eigenvalue weighted by Gasteiger charge is 2.51. The standard InChI is InChI=1S/C15H19NO4S/c17-15(18)14-13-8-4-7-12(13)9-16(14)21(19,20)10-11-5-2-1-3-6-11/h1-3,5-6,12-14H,4,7-10H2,(H,17,18). The van der Waals surface area contributed by atoms with Gasteiger partial charge in [0.25, 0.3) is 0 Å². The second kappa shape index (κ2) is 5.42. The van der Waals surface area contributed by atoms with Crippen LogP contribution in [0.4, 0.5) is 0 Å². The second-order valence-electron chi connectivity index (χ2n) is 5.95. The molecule has 0 aromatic heterocycles. The molecule has 1 aromatic carbocycles. The molecule has 0 amide bonds. The molecule has 2 fully saturated rings. The molecule has 0 bridgehead atoms. The largest absolute Gasteiger partial charge is 0.480 e. The van der Waals surface area contributed by atoms with Crippen LogP contribution in [0.1, 0.15) is 24.8 Å². The molecule has 3 rings (SSSR count). The SMILES string of the molecule is O=C(O)C1C2CCCC2CN1S(=O)(=O)Cc1ccccc1. The molecular weight excluding hydrogens is 290 g/mol. The van der Waals surface area contributed by atoms with Gasteiger partial charge in [0.15, 0.2) is 0 Å². The maximum Gasteiger partial charge on any atom is 0.322 e. The number of benzene rings is 1. The summed E-state index contributed by atoms with van der Waals surface area (Å²) in [5.41, 5.74) is 0.693. The first-order chi connectivity index (χ1) is 9.99. The number of rotatable bonds is 4. The van der Waals surface area contributed by atoms with E-state index in [1.165, 1.54) is 4.31 Å². The molecule has 5 nitrogen and oxygen atoms in total. The molecule has 1 saturated heterocycles. The summed E-state index contributed by atoms with van der Waals surface area (Å²) in [7, 11) is -3.60. The monoisotopic (exact) mass is 309 g/mol. The van der Waals surface area contributed by atoms with Crippen LogP contribution in [0.2, 0.25) is 0 Å². The lowest BCUT2D eigenvalue weighted by atomic mass is 9.94. The summed E-state index contributed by atoms with van der Waals surface area (Å²) in [6, 6.07) is 8.03. The summed E-state index contributed by atoms with van der Waals surface area (Å²) in [6.45, 7) is 0.358. The zero-order chi connectivity index (χ0) is 15.0. The lowest BCUT2D eigenvalue weighted by molar-refractivity contribution is -0.142.